The fraction of sp³-hybridized carbons (Fsp3) is 0.176. The number of thiazole rings is 1. The summed E-state index contributed by atoms with van der Waals surface area (Å²) >= 11 is 4.51. The Hall–Kier alpha value is -2.23. The third-order valence-electron chi connectivity index (χ3n) is 3.70. The van der Waals surface area contributed by atoms with E-state index in [-0.39, 0.29) is 11.7 Å². The lowest BCUT2D eigenvalue weighted by molar-refractivity contribution is -0.113. The van der Waals surface area contributed by atoms with E-state index in [9.17, 15) is 4.79 Å². The second-order valence-electron chi connectivity index (χ2n) is 5.63. The molecule has 132 valence electrons. The molecule has 0 aliphatic heterocycles. The number of rotatable bonds is 5. The van der Waals surface area contributed by atoms with Gasteiger partial charge in [0.2, 0.25) is 5.91 Å². The standard InChI is InChI=1S/C17H15N5OS3/c1-10-7-11(8-24-10)15-20-21-17(22(15)2)25-9-14(23)19-16-18-12-5-3-4-6-13(12)26-16/h3-8H,9H2,1-2H3,(H,18,19,23). The van der Waals surface area contributed by atoms with Gasteiger partial charge in [-0.1, -0.05) is 35.2 Å². The van der Waals surface area contributed by atoms with Crippen molar-refractivity contribution in [1.29, 1.82) is 0 Å². The highest BCUT2D eigenvalue weighted by Crippen LogP contribution is 2.27. The lowest BCUT2D eigenvalue weighted by Gasteiger charge is -2.03. The SMILES string of the molecule is Cc1cc(-c2nnc(SCC(=O)Nc3nc4ccccc4s3)n2C)cs1. The summed E-state index contributed by atoms with van der Waals surface area (Å²) in [7, 11) is 1.91. The number of fused-ring (bicyclic) bond motifs is 1. The fourth-order valence-electron chi connectivity index (χ4n) is 2.46. The van der Waals surface area contributed by atoms with Gasteiger partial charge < -0.3 is 9.88 Å². The van der Waals surface area contributed by atoms with Crippen molar-refractivity contribution in [2.24, 2.45) is 7.05 Å². The molecule has 0 atom stereocenters. The molecule has 1 amide bonds. The average molecular weight is 402 g/mol. The zero-order valence-corrected chi connectivity index (χ0v) is 16.5. The molecule has 3 heterocycles. The number of hydrogen-bond acceptors (Lipinski definition) is 7. The molecule has 0 aliphatic rings. The van der Waals surface area contributed by atoms with Gasteiger partial charge in [-0.05, 0) is 25.1 Å². The fourth-order valence-corrected chi connectivity index (χ4v) is 4.74. The number of carbonyl (C=O) groups is 1. The molecule has 4 rings (SSSR count). The van der Waals surface area contributed by atoms with Gasteiger partial charge in [0.15, 0.2) is 16.1 Å². The van der Waals surface area contributed by atoms with Crippen LogP contribution in [0.2, 0.25) is 0 Å². The summed E-state index contributed by atoms with van der Waals surface area (Å²) in [6, 6.07) is 9.91. The van der Waals surface area contributed by atoms with Crippen molar-refractivity contribution >= 4 is 55.7 Å². The van der Waals surface area contributed by atoms with Crippen LogP contribution in [0.25, 0.3) is 21.6 Å². The van der Waals surface area contributed by atoms with Crippen LogP contribution in [0, 0.1) is 6.92 Å². The summed E-state index contributed by atoms with van der Waals surface area (Å²) in [6.45, 7) is 2.06. The molecular weight excluding hydrogens is 386 g/mol. The predicted octanol–water partition coefficient (Wildman–Crippen LogP) is 4.19. The minimum absolute atomic E-state index is 0.106. The molecule has 6 nitrogen and oxygen atoms in total. The van der Waals surface area contributed by atoms with Crippen LogP contribution >= 0.6 is 34.4 Å². The number of thioether (sulfide) groups is 1. The van der Waals surface area contributed by atoms with E-state index < -0.39 is 0 Å². The first-order valence-corrected chi connectivity index (χ1v) is 10.5. The van der Waals surface area contributed by atoms with Crippen LogP contribution in [0.15, 0.2) is 40.9 Å². The van der Waals surface area contributed by atoms with Gasteiger partial charge in [-0.15, -0.1) is 21.5 Å². The number of hydrogen-bond donors (Lipinski definition) is 1. The van der Waals surface area contributed by atoms with Crippen LogP contribution in [0.3, 0.4) is 0 Å². The minimum atomic E-state index is -0.106. The lowest BCUT2D eigenvalue weighted by atomic mass is 10.3. The van der Waals surface area contributed by atoms with Crippen molar-refractivity contribution in [1.82, 2.24) is 19.7 Å². The number of aryl methyl sites for hydroxylation is 1. The van der Waals surface area contributed by atoms with Crippen LogP contribution in [0.5, 0.6) is 0 Å². The van der Waals surface area contributed by atoms with Gasteiger partial charge in [-0.3, -0.25) is 4.79 Å². The number of thiophene rings is 1. The van der Waals surface area contributed by atoms with E-state index in [1.165, 1.54) is 28.0 Å². The van der Waals surface area contributed by atoms with Crippen molar-refractivity contribution in [2.75, 3.05) is 11.1 Å². The van der Waals surface area contributed by atoms with Crippen LogP contribution in [0.1, 0.15) is 4.88 Å². The normalized spacial score (nSPS) is 11.2. The van der Waals surface area contributed by atoms with E-state index in [1.807, 2.05) is 35.9 Å². The number of para-hydroxylation sites is 1. The lowest BCUT2D eigenvalue weighted by Crippen LogP contribution is -2.14. The predicted molar refractivity (Wildman–Crippen MR) is 108 cm³/mol. The van der Waals surface area contributed by atoms with E-state index in [2.05, 4.69) is 38.9 Å². The molecule has 0 fully saturated rings. The van der Waals surface area contributed by atoms with Gasteiger partial charge in [0.1, 0.15) is 0 Å². The van der Waals surface area contributed by atoms with Gasteiger partial charge in [0.25, 0.3) is 0 Å². The number of nitrogens with one attached hydrogen (secondary N) is 1. The quantitative estimate of drug-likeness (QED) is 0.508. The van der Waals surface area contributed by atoms with Crippen LogP contribution in [-0.4, -0.2) is 31.4 Å². The molecule has 0 saturated carbocycles. The number of benzene rings is 1. The molecule has 3 aromatic heterocycles. The van der Waals surface area contributed by atoms with Gasteiger partial charge in [-0.25, -0.2) is 4.98 Å². The van der Waals surface area contributed by atoms with Gasteiger partial charge >= 0.3 is 0 Å². The molecule has 0 spiro atoms. The van der Waals surface area contributed by atoms with Crippen molar-refractivity contribution < 1.29 is 4.79 Å². The number of aromatic nitrogens is 4. The molecule has 1 N–H and O–H groups in total. The molecule has 0 bridgehead atoms. The third kappa shape index (κ3) is 3.50. The summed E-state index contributed by atoms with van der Waals surface area (Å²) in [4.78, 5) is 17.9. The number of nitrogens with zero attached hydrogens (tertiary/aromatic N) is 4. The molecule has 1 aromatic carbocycles. The summed E-state index contributed by atoms with van der Waals surface area (Å²) in [5.74, 6) is 0.957. The van der Waals surface area contributed by atoms with E-state index in [0.717, 1.165) is 21.6 Å². The Morgan fingerprint density at radius 3 is 2.92 bits per heavy atom. The zero-order valence-electron chi connectivity index (χ0n) is 14.1. The highest BCUT2D eigenvalue weighted by molar-refractivity contribution is 7.99. The minimum Gasteiger partial charge on any atom is -0.305 e. The topological polar surface area (TPSA) is 72.7 Å². The molecule has 0 radical (unpaired) electrons. The molecule has 4 aromatic rings. The van der Waals surface area contributed by atoms with Gasteiger partial charge in [0, 0.05) is 22.9 Å². The maximum absolute atomic E-state index is 12.2. The smallest absolute Gasteiger partial charge is 0.236 e. The second-order valence-corrected chi connectivity index (χ2v) is 8.72. The Morgan fingerprint density at radius 2 is 2.15 bits per heavy atom. The largest absolute Gasteiger partial charge is 0.305 e. The highest BCUT2D eigenvalue weighted by Gasteiger charge is 2.14. The average Bonchev–Trinajstić information content (AvgIpc) is 3.31. The maximum atomic E-state index is 12.2. The third-order valence-corrected chi connectivity index (χ3v) is 6.53. The first kappa shape index (κ1) is 17.2. The summed E-state index contributed by atoms with van der Waals surface area (Å²) in [5, 5.41) is 14.7. The Labute approximate surface area is 162 Å². The summed E-state index contributed by atoms with van der Waals surface area (Å²) in [6.07, 6.45) is 0. The Bertz CT molecular complexity index is 1050. The van der Waals surface area contributed by atoms with E-state index in [1.54, 1.807) is 11.3 Å². The molecule has 26 heavy (non-hydrogen) atoms. The highest BCUT2D eigenvalue weighted by atomic mass is 32.2. The Morgan fingerprint density at radius 1 is 1.31 bits per heavy atom. The molecule has 9 heteroatoms. The molecule has 0 unspecified atom stereocenters. The first-order chi connectivity index (χ1) is 12.6. The molecule has 0 aliphatic carbocycles. The second kappa shape index (κ2) is 7.18. The van der Waals surface area contributed by atoms with E-state index >= 15 is 0 Å². The van der Waals surface area contributed by atoms with Crippen LogP contribution in [-0.2, 0) is 11.8 Å². The molecule has 0 saturated heterocycles. The maximum Gasteiger partial charge on any atom is 0.236 e. The monoisotopic (exact) mass is 401 g/mol. The van der Waals surface area contributed by atoms with Gasteiger partial charge in [0.05, 0.1) is 16.0 Å². The van der Waals surface area contributed by atoms with Crippen molar-refractivity contribution in [3.8, 4) is 11.4 Å². The van der Waals surface area contributed by atoms with Crippen molar-refractivity contribution in [3.05, 3.63) is 40.6 Å². The Kier molecular flexibility index (Phi) is 4.75. The number of carbonyl (C=O) groups excluding carboxylic acids is 1. The zero-order chi connectivity index (χ0) is 18.1. The number of amides is 1. The van der Waals surface area contributed by atoms with Crippen LogP contribution in [0.4, 0.5) is 5.13 Å². The van der Waals surface area contributed by atoms with Crippen molar-refractivity contribution in [3.63, 3.8) is 0 Å². The summed E-state index contributed by atoms with van der Waals surface area (Å²) < 4.78 is 2.97. The van der Waals surface area contributed by atoms with E-state index in [4.69, 9.17) is 0 Å². The van der Waals surface area contributed by atoms with E-state index in [0.29, 0.717) is 10.3 Å². The van der Waals surface area contributed by atoms with Gasteiger partial charge in [-0.2, -0.15) is 0 Å². The van der Waals surface area contributed by atoms with Crippen LogP contribution < -0.4 is 5.32 Å². The molecular formula is C17H15N5OS3. The number of anilines is 1. The first-order valence-electron chi connectivity index (χ1n) is 7.83. The Balaban J connectivity index is 1.41. The van der Waals surface area contributed by atoms with Crippen molar-refractivity contribution in [2.45, 2.75) is 12.1 Å². The summed E-state index contributed by atoms with van der Waals surface area (Å²) in [5.41, 5.74) is 1.94.